The van der Waals surface area contributed by atoms with Gasteiger partial charge in [-0.05, 0) is 41.6 Å². The van der Waals surface area contributed by atoms with Crippen LogP contribution in [-0.4, -0.2) is 50.5 Å². The fourth-order valence-corrected chi connectivity index (χ4v) is 6.61. The second kappa shape index (κ2) is 11.2. The van der Waals surface area contributed by atoms with Crippen LogP contribution in [0.1, 0.15) is 0 Å². The highest BCUT2D eigenvalue weighted by Gasteiger charge is 2.27. The van der Waals surface area contributed by atoms with Gasteiger partial charge in [0.05, 0.1) is 51.4 Å². The first kappa shape index (κ1) is 27.9. The maximum absolute atomic E-state index is 5.18. The van der Waals surface area contributed by atoms with E-state index in [9.17, 15) is 0 Å². The molecule has 0 atom stereocenters. The van der Waals surface area contributed by atoms with Crippen molar-refractivity contribution in [3.63, 3.8) is 0 Å². The van der Waals surface area contributed by atoms with E-state index in [4.69, 9.17) is 30.0 Å². The summed E-state index contributed by atoms with van der Waals surface area (Å²) in [6.45, 7) is 0. The first-order valence-electron chi connectivity index (χ1n) is 16.0. The minimum Gasteiger partial charge on any atom is -0.252 e. The molecule has 0 N–H and O–H groups in total. The number of pyridine rings is 1. The molecule has 0 aliphatic rings. The lowest BCUT2D eigenvalue weighted by Gasteiger charge is -2.19. The average molecular weight is 643 g/mol. The summed E-state index contributed by atoms with van der Waals surface area (Å²) in [5.74, 6) is 0.408. The van der Waals surface area contributed by atoms with Gasteiger partial charge in [-0.1, -0.05) is 78.9 Å². The largest absolute Gasteiger partial charge is 0.252 e. The molecule has 0 fully saturated rings. The predicted molar refractivity (Wildman–Crippen MR) is 194 cm³/mol. The van der Waals surface area contributed by atoms with Crippen LogP contribution >= 0.6 is 0 Å². The van der Waals surface area contributed by atoms with Gasteiger partial charge in [0.15, 0.2) is 5.82 Å². The third-order valence-electron chi connectivity index (χ3n) is 8.93. The number of aromatic nitrogens is 10. The zero-order valence-electron chi connectivity index (χ0n) is 26.2. The number of hydrogen-bond acceptors (Lipinski definition) is 10. The van der Waals surface area contributed by atoms with E-state index >= 15 is 0 Å². The molecule has 0 amide bonds. The molecule has 0 bridgehead atoms. The van der Waals surface area contributed by atoms with E-state index in [-0.39, 0.29) is 0 Å². The highest BCUT2D eigenvalue weighted by atomic mass is 15.3. The Morgan fingerprint density at radius 3 is 2.02 bits per heavy atom. The lowest BCUT2D eigenvalue weighted by atomic mass is 9.88. The van der Waals surface area contributed by atoms with Gasteiger partial charge in [-0.3, -0.25) is 4.98 Å². The van der Waals surface area contributed by atoms with Crippen molar-refractivity contribution in [2.75, 3.05) is 0 Å². The smallest absolute Gasteiger partial charge is 0.181 e. The molecular weight excluding hydrogens is 621 g/mol. The fourth-order valence-electron chi connectivity index (χ4n) is 6.61. The highest BCUT2D eigenvalue weighted by Crippen LogP contribution is 2.46. The van der Waals surface area contributed by atoms with Crippen molar-refractivity contribution in [1.82, 2.24) is 50.5 Å². The molecule has 0 saturated heterocycles. The Morgan fingerprint density at radius 2 is 1.14 bits per heavy atom. The average Bonchev–Trinajstić information content (AvgIpc) is 3.19. The second-order valence-corrected chi connectivity index (χ2v) is 11.9. The maximum atomic E-state index is 5.18. The van der Waals surface area contributed by atoms with Crippen LogP contribution in [0.25, 0.3) is 99.8 Å². The fraction of sp³-hybridized carbons (Fsp3) is 0. The Bertz CT molecular complexity index is 2960. The van der Waals surface area contributed by atoms with Crippen LogP contribution in [0.4, 0.5) is 0 Å². The summed E-state index contributed by atoms with van der Waals surface area (Å²) in [4.78, 5) is 24.9. The molecule has 0 radical (unpaired) electrons. The van der Waals surface area contributed by atoms with E-state index in [1.807, 2.05) is 109 Å². The molecule has 232 valence electrons. The van der Waals surface area contributed by atoms with E-state index in [1.54, 1.807) is 18.6 Å². The van der Waals surface area contributed by atoms with Crippen LogP contribution < -0.4 is 0 Å². The van der Waals surface area contributed by atoms with E-state index < -0.39 is 0 Å². The molecule has 0 spiro atoms. The third kappa shape index (κ3) is 4.50. The van der Waals surface area contributed by atoms with Crippen LogP contribution in [0.3, 0.4) is 0 Å². The Morgan fingerprint density at radius 1 is 0.420 bits per heavy atom. The molecule has 5 heterocycles. The van der Waals surface area contributed by atoms with Gasteiger partial charge in [-0.25, -0.2) is 19.9 Å². The van der Waals surface area contributed by atoms with E-state index in [1.165, 1.54) is 0 Å². The molecule has 10 heteroatoms. The summed E-state index contributed by atoms with van der Waals surface area (Å²) in [7, 11) is 0. The van der Waals surface area contributed by atoms with E-state index in [0.717, 1.165) is 60.4 Å². The van der Waals surface area contributed by atoms with E-state index in [2.05, 4.69) is 26.6 Å². The van der Waals surface area contributed by atoms with Crippen LogP contribution in [-0.2, 0) is 0 Å². The van der Waals surface area contributed by atoms with Gasteiger partial charge < -0.3 is 0 Å². The number of fused-ring (bicyclic) bond motifs is 5. The third-order valence-corrected chi connectivity index (χ3v) is 8.93. The minimum atomic E-state index is 0.408. The van der Waals surface area contributed by atoms with E-state index in [0.29, 0.717) is 39.4 Å². The van der Waals surface area contributed by atoms with Crippen molar-refractivity contribution < 1.29 is 0 Å². The van der Waals surface area contributed by atoms with Crippen LogP contribution in [0.15, 0.2) is 134 Å². The van der Waals surface area contributed by atoms with Crippen molar-refractivity contribution >= 4 is 54.5 Å². The van der Waals surface area contributed by atoms with Crippen molar-refractivity contribution in [3.8, 4) is 45.3 Å². The first-order chi connectivity index (χ1) is 24.8. The summed E-state index contributed by atoms with van der Waals surface area (Å²) in [5.41, 5.74) is 8.40. The standard InChI is InChI=1S/C40H22N10/c1-4-12-26-24(10-1)21-43-48-38(26)35-27(30-18-17-23-9-2-5-13-28(23)44-30)19-33-37(36(35)34-22-41-31-15-7-8-16-32(31)45-34)39(49-50-47-33)40-42-20-25-11-3-6-14-29(25)46-40/h1-22H. The normalized spacial score (nSPS) is 11.6. The SMILES string of the molecule is c1ccc2nc(-c3cc4nnnc(-c5ncc6ccccc6n5)c4c(-c4cnc5ccccc5n4)c3-c3nncc4ccccc34)ccc2c1. The number of hydrogen-bond donors (Lipinski definition) is 0. The molecule has 0 saturated carbocycles. The summed E-state index contributed by atoms with van der Waals surface area (Å²) in [6.07, 6.45) is 5.35. The molecule has 5 aromatic carbocycles. The van der Waals surface area contributed by atoms with Gasteiger partial charge in [-0.2, -0.15) is 5.10 Å². The minimum absolute atomic E-state index is 0.408. The lowest BCUT2D eigenvalue weighted by Crippen LogP contribution is -2.04. The molecule has 10 rings (SSSR count). The summed E-state index contributed by atoms with van der Waals surface area (Å²) >= 11 is 0. The van der Waals surface area contributed by atoms with Gasteiger partial charge >= 0.3 is 0 Å². The van der Waals surface area contributed by atoms with Gasteiger partial charge in [-0.15, -0.1) is 15.3 Å². The van der Waals surface area contributed by atoms with Crippen LogP contribution in [0, 0.1) is 0 Å². The van der Waals surface area contributed by atoms with Crippen molar-refractivity contribution in [2.45, 2.75) is 0 Å². The lowest BCUT2D eigenvalue weighted by molar-refractivity contribution is 0.894. The number of benzene rings is 5. The molecule has 5 aromatic heterocycles. The quantitative estimate of drug-likeness (QED) is 0.186. The maximum Gasteiger partial charge on any atom is 0.181 e. The van der Waals surface area contributed by atoms with Gasteiger partial charge in [0.25, 0.3) is 0 Å². The van der Waals surface area contributed by atoms with Crippen molar-refractivity contribution in [1.29, 1.82) is 0 Å². The van der Waals surface area contributed by atoms with Gasteiger partial charge in [0.1, 0.15) is 11.4 Å². The first-order valence-corrected chi connectivity index (χ1v) is 16.0. The topological polar surface area (TPSA) is 129 Å². The molecular formula is C40H22N10. The zero-order chi connectivity index (χ0) is 33.0. The predicted octanol–water partition coefficient (Wildman–Crippen LogP) is 8.07. The number of nitrogens with zero attached hydrogens (tertiary/aromatic N) is 10. The molecule has 10 aromatic rings. The molecule has 10 nitrogen and oxygen atoms in total. The van der Waals surface area contributed by atoms with Crippen molar-refractivity contribution in [3.05, 3.63) is 134 Å². The Kier molecular flexibility index (Phi) is 6.25. The Hall–Kier alpha value is -7.20. The second-order valence-electron chi connectivity index (χ2n) is 11.9. The molecule has 0 aliphatic carbocycles. The molecule has 50 heavy (non-hydrogen) atoms. The van der Waals surface area contributed by atoms with Gasteiger partial charge in [0, 0.05) is 49.8 Å². The summed E-state index contributed by atoms with van der Waals surface area (Å²) in [6, 6.07) is 37.8. The zero-order valence-corrected chi connectivity index (χ0v) is 26.2. The molecule has 0 aliphatic heterocycles. The van der Waals surface area contributed by atoms with Crippen LogP contribution in [0.2, 0.25) is 0 Å². The van der Waals surface area contributed by atoms with Gasteiger partial charge in [0.2, 0.25) is 0 Å². The molecule has 0 unspecified atom stereocenters. The van der Waals surface area contributed by atoms with Crippen LogP contribution in [0.5, 0.6) is 0 Å². The summed E-state index contributed by atoms with van der Waals surface area (Å²) in [5, 5.41) is 27.2. The summed E-state index contributed by atoms with van der Waals surface area (Å²) < 4.78 is 0. The highest BCUT2D eigenvalue weighted by molar-refractivity contribution is 6.14. The Labute approximate surface area is 283 Å². The Balaban J connectivity index is 1.40. The number of para-hydroxylation sites is 4. The number of rotatable bonds is 4. The van der Waals surface area contributed by atoms with Crippen molar-refractivity contribution in [2.24, 2.45) is 0 Å². The monoisotopic (exact) mass is 642 g/mol.